The molecule has 25 heavy (non-hydrogen) atoms. The molecule has 6 heteroatoms. The third-order valence-electron chi connectivity index (χ3n) is 4.14. The van der Waals surface area contributed by atoms with E-state index >= 15 is 0 Å². The molecule has 0 fully saturated rings. The van der Waals surface area contributed by atoms with Crippen molar-refractivity contribution in [1.29, 1.82) is 0 Å². The van der Waals surface area contributed by atoms with Gasteiger partial charge in [0.25, 0.3) is 0 Å². The molecule has 1 atom stereocenters. The summed E-state index contributed by atoms with van der Waals surface area (Å²) in [5, 5.41) is 0. The van der Waals surface area contributed by atoms with Crippen LogP contribution in [0.1, 0.15) is 32.8 Å². The topological polar surface area (TPSA) is 55.4 Å². The highest BCUT2D eigenvalue weighted by molar-refractivity contribution is 9.10. The van der Waals surface area contributed by atoms with Crippen molar-refractivity contribution in [2.75, 3.05) is 7.11 Å². The number of hydrogen-bond donors (Lipinski definition) is 1. The van der Waals surface area contributed by atoms with Crippen LogP contribution in [0.2, 0.25) is 0 Å². The van der Waals surface area contributed by atoms with Gasteiger partial charge < -0.3 is 4.74 Å². The van der Waals surface area contributed by atoms with Crippen LogP contribution in [0.25, 0.3) is 0 Å². The van der Waals surface area contributed by atoms with Crippen LogP contribution in [0.5, 0.6) is 5.75 Å². The minimum atomic E-state index is -3.68. The Balaban J connectivity index is 2.19. The summed E-state index contributed by atoms with van der Waals surface area (Å²) in [5.74, 6) is 0.324. The van der Waals surface area contributed by atoms with Crippen LogP contribution in [0.4, 0.5) is 0 Å². The number of halogens is 1. The highest BCUT2D eigenvalue weighted by atomic mass is 79.9. The van der Waals surface area contributed by atoms with Gasteiger partial charge in [-0.2, -0.15) is 0 Å². The highest BCUT2D eigenvalue weighted by Gasteiger charge is 2.27. The van der Waals surface area contributed by atoms with Gasteiger partial charge in [0.15, 0.2) is 0 Å². The normalized spacial score (nSPS) is 13.5. The van der Waals surface area contributed by atoms with Crippen molar-refractivity contribution in [3.05, 3.63) is 58.6 Å². The average Bonchev–Trinajstić information content (AvgIpc) is 2.54. The van der Waals surface area contributed by atoms with Gasteiger partial charge in [-0.25, -0.2) is 13.1 Å². The molecular formula is C19H24BrNO3S. The summed E-state index contributed by atoms with van der Waals surface area (Å²) in [6.07, 6.45) is 0.673. The molecule has 0 spiro atoms. The first-order valence-electron chi connectivity index (χ1n) is 8.07. The molecular weight excluding hydrogens is 402 g/mol. The summed E-state index contributed by atoms with van der Waals surface area (Å²) >= 11 is 3.32. The molecule has 1 N–H and O–H groups in total. The summed E-state index contributed by atoms with van der Waals surface area (Å²) in [4.78, 5) is 0.133. The second-order valence-corrected chi connectivity index (χ2v) is 9.37. The number of ether oxygens (including phenoxy) is 1. The zero-order valence-electron chi connectivity index (χ0n) is 14.9. The van der Waals surface area contributed by atoms with Crippen LogP contribution < -0.4 is 9.46 Å². The Morgan fingerprint density at radius 2 is 1.80 bits per heavy atom. The summed E-state index contributed by atoms with van der Waals surface area (Å²) < 4.78 is 34.2. The van der Waals surface area contributed by atoms with Gasteiger partial charge in [0.2, 0.25) is 10.0 Å². The molecule has 0 radical (unpaired) electrons. The predicted molar refractivity (Wildman–Crippen MR) is 105 cm³/mol. The van der Waals surface area contributed by atoms with E-state index < -0.39 is 10.0 Å². The number of methoxy groups -OCH3 is 1. The standard InChI is InChI=1S/C19H24BrNO3S/c1-14(13-19(2,3)15-8-6-5-7-9-15)21-25(22,23)18-12-16(20)10-11-17(18)24-4/h5-12,14,21H,13H2,1-4H3/t14-/m0/s1. The second kappa shape index (κ2) is 7.89. The van der Waals surface area contributed by atoms with Crippen molar-refractivity contribution in [2.24, 2.45) is 0 Å². The lowest BCUT2D eigenvalue weighted by Gasteiger charge is -2.29. The van der Waals surface area contributed by atoms with Gasteiger partial charge in [-0.05, 0) is 42.5 Å². The second-order valence-electron chi connectivity index (χ2n) is 6.77. The Labute approximate surface area is 158 Å². The van der Waals surface area contributed by atoms with Crippen LogP contribution in [0, 0.1) is 0 Å². The third-order valence-corrected chi connectivity index (χ3v) is 6.25. The Morgan fingerprint density at radius 3 is 2.40 bits per heavy atom. The van der Waals surface area contributed by atoms with Crippen molar-refractivity contribution < 1.29 is 13.2 Å². The summed E-state index contributed by atoms with van der Waals surface area (Å²) in [6.45, 7) is 6.12. The van der Waals surface area contributed by atoms with Crippen LogP contribution in [0.15, 0.2) is 57.9 Å². The first-order valence-corrected chi connectivity index (χ1v) is 10.3. The van der Waals surface area contributed by atoms with Gasteiger partial charge in [0.1, 0.15) is 10.6 Å². The van der Waals surface area contributed by atoms with E-state index in [4.69, 9.17) is 4.74 Å². The molecule has 0 aromatic heterocycles. The van der Waals surface area contributed by atoms with Gasteiger partial charge in [-0.15, -0.1) is 0 Å². The minimum absolute atomic E-state index is 0.133. The molecule has 0 aliphatic carbocycles. The van der Waals surface area contributed by atoms with E-state index in [1.807, 2.05) is 25.1 Å². The van der Waals surface area contributed by atoms with Crippen LogP contribution in [0.3, 0.4) is 0 Å². The van der Waals surface area contributed by atoms with E-state index in [9.17, 15) is 8.42 Å². The molecule has 0 saturated carbocycles. The van der Waals surface area contributed by atoms with Crippen molar-refractivity contribution in [3.8, 4) is 5.75 Å². The number of hydrogen-bond acceptors (Lipinski definition) is 3. The van der Waals surface area contributed by atoms with Gasteiger partial charge in [0.05, 0.1) is 7.11 Å². The van der Waals surface area contributed by atoms with Crippen LogP contribution in [-0.4, -0.2) is 21.6 Å². The lowest BCUT2D eigenvalue weighted by Crippen LogP contribution is -2.37. The van der Waals surface area contributed by atoms with E-state index in [1.165, 1.54) is 12.7 Å². The lowest BCUT2D eigenvalue weighted by molar-refractivity contribution is 0.399. The maximum Gasteiger partial charge on any atom is 0.244 e. The zero-order valence-corrected chi connectivity index (χ0v) is 17.3. The first-order chi connectivity index (χ1) is 11.7. The molecule has 4 nitrogen and oxygen atoms in total. The number of benzene rings is 2. The molecule has 136 valence electrons. The van der Waals surface area contributed by atoms with Crippen molar-refractivity contribution >= 4 is 26.0 Å². The molecule has 0 amide bonds. The largest absolute Gasteiger partial charge is 0.495 e. The SMILES string of the molecule is COc1ccc(Br)cc1S(=O)(=O)N[C@@H](C)CC(C)(C)c1ccccc1. The lowest BCUT2D eigenvalue weighted by atomic mass is 9.79. The maximum atomic E-state index is 12.8. The Bertz CT molecular complexity index is 820. The molecule has 0 aliphatic heterocycles. The minimum Gasteiger partial charge on any atom is -0.495 e. The molecule has 2 aromatic rings. The van der Waals surface area contributed by atoms with E-state index in [2.05, 4.69) is 46.6 Å². The molecule has 0 aliphatic rings. The fraction of sp³-hybridized carbons (Fsp3) is 0.368. The number of rotatable bonds is 7. The molecule has 0 unspecified atom stereocenters. The Kier molecular flexibility index (Phi) is 6.30. The van der Waals surface area contributed by atoms with E-state index in [0.717, 1.165) is 0 Å². The van der Waals surface area contributed by atoms with Gasteiger partial charge in [0, 0.05) is 10.5 Å². The summed E-state index contributed by atoms with van der Waals surface area (Å²) in [6, 6.07) is 14.8. The van der Waals surface area contributed by atoms with Gasteiger partial charge in [-0.1, -0.05) is 60.1 Å². The smallest absolute Gasteiger partial charge is 0.244 e. The Hall–Kier alpha value is -1.37. The van der Waals surface area contributed by atoms with Crippen molar-refractivity contribution in [1.82, 2.24) is 4.72 Å². The van der Waals surface area contributed by atoms with Crippen molar-refractivity contribution in [3.63, 3.8) is 0 Å². The summed E-state index contributed by atoms with van der Waals surface area (Å²) in [5.41, 5.74) is 1.03. The van der Waals surface area contributed by atoms with Gasteiger partial charge >= 0.3 is 0 Å². The molecule has 0 bridgehead atoms. The maximum absolute atomic E-state index is 12.8. The fourth-order valence-electron chi connectivity index (χ4n) is 3.00. The van der Waals surface area contributed by atoms with Crippen LogP contribution >= 0.6 is 15.9 Å². The fourth-order valence-corrected chi connectivity index (χ4v) is 4.95. The predicted octanol–water partition coefficient (Wildman–Crippen LogP) is 4.49. The Morgan fingerprint density at radius 1 is 1.16 bits per heavy atom. The highest BCUT2D eigenvalue weighted by Crippen LogP contribution is 2.30. The molecule has 2 rings (SSSR count). The average molecular weight is 426 g/mol. The number of sulfonamides is 1. The molecule has 2 aromatic carbocycles. The third kappa shape index (κ3) is 5.06. The van der Waals surface area contributed by atoms with Gasteiger partial charge in [-0.3, -0.25) is 0 Å². The number of nitrogens with one attached hydrogen (secondary N) is 1. The molecule has 0 heterocycles. The monoisotopic (exact) mass is 425 g/mol. The van der Waals surface area contributed by atoms with E-state index in [1.54, 1.807) is 18.2 Å². The summed E-state index contributed by atoms with van der Waals surface area (Å²) in [7, 11) is -2.22. The zero-order chi connectivity index (χ0) is 18.7. The van der Waals surface area contributed by atoms with E-state index in [0.29, 0.717) is 16.6 Å². The quantitative estimate of drug-likeness (QED) is 0.710. The first kappa shape index (κ1) is 19.9. The van der Waals surface area contributed by atoms with E-state index in [-0.39, 0.29) is 16.4 Å². The molecule has 0 saturated heterocycles. The van der Waals surface area contributed by atoms with Crippen LogP contribution in [-0.2, 0) is 15.4 Å². The van der Waals surface area contributed by atoms with Crippen molar-refractivity contribution in [2.45, 2.75) is 43.5 Å².